The molecule has 0 saturated heterocycles. The Morgan fingerprint density at radius 3 is 2.72 bits per heavy atom. The van der Waals surface area contributed by atoms with Crippen LogP contribution in [0.4, 0.5) is 20.3 Å². The summed E-state index contributed by atoms with van der Waals surface area (Å²) in [6.07, 6.45) is 3.02. The molecule has 0 bridgehead atoms. The summed E-state index contributed by atoms with van der Waals surface area (Å²) in [5.41, 5.74) is -1.26. The van der Waals surface area contributed by atoms with E-state index in [2.05, 4.69) is 32.1 Å². The predicted octanol–water partition coefficient (Wildman–Crippen LogP) is 3.42. The quantitative estimate of drug-likeness (QED) is 0.327. The minimum Gasteiger partial charge on any atom is -0.420 e. The van der Waals surface area contributed by atoms with Gasteiger partial charge in [-0.15, -0.1) is 8.78 Å². The fourth-order valence-corrected chi connectivity index (χ4v) is 3.53. The second kappa shape index (κ2) is 11.3. The second-order valence-corrected chi connectivity index (χ2v) is 8.24. The van der Waals surface area contributed by atoms with Crippen molar-refractivity contribution in [3.8, 4) is 5.75 Å². The van der Waals surface area contributed by atoms with E-state index in [9.17, 15) is 23.5 Å². The minimum atomic E-state index is -3.85. The Labute approximate surface area is 211 Å². The van der Waals surface area contributed by atoms with Crippen molar-refractivity contribution in [2.45, 2.75) is 12.5 Å². The Bertz CT molecular complexity index is 1230. The number of nitrogens with zero attached hydrogens (tertiary/aromatic N) is 3. The molecule has 9 nitrogen and oxygen atoms in total. The maximum atomic E-state index is 12.9. The molecule has 0 radical (unpaired) electrons. The molecule has 1 aliphatic rings. The highest BCUT2D eigenvalue weighted by atomic mass is 35.5. The molecule has 0 aliphatic carbocycles. The number of aliphatic imine (C=N–C) groups is 1. The third-order valence-electron chi connectivity index (χ3n) is 5.22. The van der Waals surface area contributed by atoms with Crippen LogP contribution in [-0.4, -0.2) is 60.9 Å². The van der Waals surface area contributed by atoms with Crippen LogP contribution in [0.2, 0.25) is 0 Å². The number of nitrogens with one attached hydrogen (secondary N) is 2. The normalized spacial score (nSPS) is 13.9. The van der Waals surface area contributed by atoms with Crippen molar-refractivity contribution in [1.29, 1.82) is 0 Å². The molecule has 0 spiro atoms. The largest absolute Gasteiger partial charge is 0.487 e. The monoisotopic (exact) mass is 519 g/mol. The molecule has 0 atom stereocenters. The van der Waals surface area contributed by atoms with Crippen LogP contribution in [0.1, 0.15) is 22.8 Å². The second-order valence-electron chi connectivity index (χ2n) is 7.80. The zero-order valence-electron chi connectivity index (χ0n) is 19.5. The first kappa shape index (κ1) is 26.8. The fraction of sp³-hybridized carbons (Fsp3) is 0.250. The molecule has 3 rings (SSSR count). The lowest BCUT2D eigenvalue weighted by molar-refractivity contribution is -0.116. The van der Waals surface area contributed by atoms with Gasteiger partial charge in [0.1, 0.15) is 11.6 Å². The number of ether oxygens (including phenoxy) is 1. The minimum absolute atomic E-state index is 0.115. The van der Waals surface area contributed by atoms with Crippen molar-refractivity contribution < 1.29 is 28.2 Å². The van der Waals surface area contributed by atoms with E-state index < -0.39 is 11.5 Å². The number of benzene rings is 1. The van der Waals surface area contributed by atoms with Crippen LogP contribution in [0.15, 0.2) is 58.9 Å². The van der Waals surface area contributed by atoms with Gasteiger partial charge in [-0.05, 0) is 55.6 Å². The van der Waals surface area contributed by atoms with Gasteiger partial charge < -0.3 is 25.4 Å². The summed E-state index contributed by atoms with van der Waals surface area (Å²) in [6, 6.07) is 6.85. The number of allylic oxidation sites excluding steroid dienone is 1. The number of carbonyl (C=O) groups excluding carboxylic acids is 2. The van der Waals surface area contributed by atoms with Gasteiger partial charge in [0.05, 0.1) is 30.0 Å². The van der Waals surface area contributed by atoms with Gasteiger partial charge in [0, 0.05) is 42.6 Å². The zero-order valence-corrected chi connectivity index (χ0v) is 20.3. The number of halogens is 3. The van der Waals surface area contributed by atoms with E-state index in [0.717, 1.165) is 0 Å². The van der Waals surface area contributed by atoms with Gasteiger partial charge in [0.15, 0.2) is 0 Å². The number of aliphatic hydroxyl groups is 1. The summed E-state index contributed by atoms with van der Waals surface area (Å²) in [5.74, 6) is -0.476. The molecule has 3 N–H and O–H groups in total. The summed E-state index contributed by atoms with van der Waals surface area (Å²) < 4.78 is 29.8. The number of hydrogen-bond donors (Lipinski definition) is 3. The van der Waals surface area contributed by atoms with Crippen LogP contribution in [0.25, 0.3) is 5.57 Å². The van der Waals surface area contributed by atoms with E-state index >= 15 is 0 Å². The Hall–Kier alpha value is -3.83. The number of alkyl halides is 3. The molecule has 1 aromatic heterocycles. The van der Waals surface area contributed by atoms with Gasteiger partial charge >= 0.3 is 5.57 Å². The number of pyridine rings is 1. The van der Waals surface area contributed by atoms with Crippen LogP contribution in [0.5, 0.6) is 5.75 Å². The average molecular weight is 520 g/mol. The number of rotatable bonds is 10. The summed E-state index contributed by atoms with van der Waals surface area (Å²) in [4.78, 5) is 35.2. The van der Waals surface area contributed by atoms with E-state index in [1.807, 2.05) is 0 Å². The number of likely N-dealkylation sites (N-methyl/N-ethyl adjacent to an activating group) is 1. The Balaban J connectivity index is 1.92. The molecule has 0 fully saturated rings. The highest BCUT2D eigenvalue weighted by Crippen LogP contribution is 2.29. The molecule has 2 aromatic rings. The van der Waals surface area contributed by atoms with Gasteiger partial charge in [-0.25, -0.2) is 4.98 Å². The first-order valence-corrected chi connectivity index (χ1v) is 11.1. The highest BCUT2D eigenvalue weighted by Gasteiger charge is 2.27. The smallest absolute Gasteiger partial charge is 0.420 e. The average Bonchev–Trinajstić information content (AvgIpc) is 3.18. The van der Waals surface area contributed by atoms with Crippen LogP contribution >= 0.6 is 11.6 Å². The molecule has 0 saturated carbocycles. The van der Waals surface area contributed by atoms with E-state index in [4.69, 9.17) is 11.6 Å². The van der Waals surface area contributed by atoms with Crippen molar-refractivity contribution in [1.82, 2.24) is 10.3 Å². The van der Waals surface area contributed by atoms with Crippen molar-refractivity contribution in [2.24, 2.45) is 4.99 Å². The van der Waals surface area contributed by atoms with Crippen LogP contribution < -0.4 is 20.3 Å². The number of anilines is 2. The van der Waals surface area contributed by atoms with E-state index in [0.29, 0.717) is 33.9 Å². The molecular formula is C24H24ClF2N5O4. The third kappa shape index (κ3) is 6.64. The lowest BCUT2D eigenvalue weighted by Gasteiger charge is -2.21. The van der Waals surface area contributed by atoms with Gasteiger partial charge in [0.25, 0.3) is 11.8 Å². The molecule has 190 valence electrons. The van der Waals surface area contributed by atoms with Crippen molar-refractivity contribution in [2.75, 3.05) is 37.0 Å². The van der Waals surface area contributed by atoms with Crippen molar-refractivity contribution in [3.05, 3.63) is 65.0 Å². The standard InChI is InChI=1S/C24H24ClF2N5O4/c1-14(10-19-20(28-2)13-30-23(19)35)18-11-15(12-29-21(18)32(3)8-9-33)22(34)31-16-4-6-17(7-5-16)36-24(25,26)27/h4-7,10-12,33H,2,8-9,13H2,1,3H3,(H,30,35)(H,31,34)/b14-10+. The van der Waals surface area contributed by atoms with Crippen molar-refractivity contribution in [3.63, 3.8) is 0 Å². The van der Waals surface area contributed by atoms with Crippen molar-refractivity contribution >= 4 is 47.2 Å². The van der Waals surface area contributed by atoms with Crippen LogP contribution in [0, 0.1) is 0 Å². The molecule has 1 aromatic carbocycles. The summed E-state index contributed by atoms with van der Waals surface area (Å²) in [5, 5.41) is 14.7. The fourth-order valence-electron chi connectivity index (χ4n) is 3.44. The van der Waals surface area contributed by atoms with Crippen LogP contribution in [-0.2, 0) is 4.79 Å². The van der Waals surface area contributed by atoms with Crippen LogP contribution in [0.3, 0.4) is 0 Å². The molecule has 36 heavy (non-hydrogen) atoms. The first-order chi connectivity index (χ1) is 17.0. The molecule has 2 amide bonds. The number of amides is 2. The summed E-state index contributed by atoms with van der Waals surface area (Å²) in [7, 11) is 1.74. The Morgan fingerprint density at radius 2 is 2.11 bits per heavy atom. The third-order valence-corrected chi connectivity index (χ3v) is 5.30. The van der Waals surface area contributed by atoms with Gasteiger partial charge in [-0.2, -0.15) is 0 Å². The molecule has 2 heterocycles. The SMILES string of the molecule is C=NC1=C(/C=C(\C)c2cc(C(=O)Nc3ccc(OC(F)(F)Cl)cc3)cnc2N(C)CCO)C(=O)NC1. The topological polar surface area (TPSA) is 116 Å². The lowest BCUT2D eigenvalue weighted by atomic mass is 10.0. The summed E-state index contributed by atoms with van der Waals surface area (Å²) in [6.45, 7) is 5.70. The molecule has 12 heteroatoms. The zero-order chi connectivity index (χ0) is 26.5. The molecular weight excluding hydrogens is 496 g/mol. The number of carbonyl (C=O) groups is 2. The maximum Gasteiger partial charge on any atom is 0.487 e. The van der Waals surface area contributed by atoms with Gasteiger partial charge in [-0.3, -0.25) is 14.6 Å². The number of hydrogen-bond acceptors (Lipinski definition) is 7. The Kier molecular flexibility index (Phi) is 8.38. The summed E-state index contributed by atoms with van der Waals surface area (Å²) >= 11 is 4.76. The lowest BCUT2D eigenvalue weighted by Crippen LogP contribution is -2.24. The number of aromatic nitrogens is 1. The first-order valence-electron chi connectivity index (χ1n) is 10.7. The van der Waals surface area contributed by atoms with E-state index in [1.54, 1.807) is 31.0 Å². The Morgan fingerprint density at radius 1 is 1.42 bits per heavy atom. The predicted molar refractivity (Wildman–Crippen MR) is 134 cm³/mol. The van der Waals surface area contributed by atoms with Gasteiger partial charge in [0.2, 0.25) is 0 Å². The molecule has 0 unspecified atom stereocenters. The highest BCUT2D eigenvalue weighted by molar-refractivity contribution is 6.20. The van der Waals surface area contributed by atoms with E-state index in [1.165, 1.54) is 30.5 Å². The van der Waals surface area contributed by atoms with Gasteiger partial charge in [-0.1, -0.05) is 0 Å². The van der Waals surface area contributed by atoms with E-state index in [-0.39, 0.29) is 36.9 Å². The molecule has 1 aliphatic heterocycles. The maximum absolute atomic E-state index is 12.9. The number of aliphatic hydroxyl groups excluding tert-OH is 1.